The molecule has 25 heavy (non-hydrogen) atoms. The lowest BCUT2D eigenvalue weighted by Gasteiger charge is -2.13. The van der Waals surface area contributed by atoms with Crippen LogP contribution in [-0.2, 0) is 10.0 Å². The van der Waals surface area contributed by atoms with Gasteiger partial charge in [-0.15, -0.1) is 0 Å². The number of nitrogens with zero attached hydrogens (tertiary/aromatic N) is 1. The average Bonchev–Trinajstić information content (AvgIpc) is 2.55. The largest absolute Gasteiger partial charge is 0.494 e. The molecule has 3 N–H and O–H groups in total. The van der Waals surface area contributed by atoms with E-state index in [-0.39, 0.29) is 4.90 Å². The number of pyridine rings is 1. The number of hydrogen-bond donors (Lipinski definition) is 2. The lowest BCUT2D eigenvalue weighted by Crippen LogP contribution is -2.12. The number of ether oxygens (including phenoxy) is 1. The SMILES string of the molecule is CCOc1ccc2nc(C)cc(Nc3cccc(S(N)(=O)=O)c3)c2c1. The van der Waals surface area contributed by atoms with Gasteiger partial charge in [0.2, 0.25) is 10.0 Å². The number of benzene rings is 2. The Labute approximate surface area is 146 Å². The second-order valence-corrected chi connectivity index (χ2v) is 7.18. The van der Waals surface area contributed by atoms with Gasteiger partial charge in [0, 0.05) is 22.5 Å². The highest BCUT2D eigenvalue weighted by atomic mass is 32.2. The van der Waals surface area contributed by atoms with Crippen LogP contribution in [0.15, 0.2) is 53.4 Å². The minimum Gasteiger partial charge on any atom is -0.494 e. The molecule has 0 aliphatic rings. The van der Waals surface area contributed by atoms with Gasteiger partial charge in [0.15, 0.2) is 0 Å². The normalized spacial score (nSPS) is 11.5. The Balaban J connectivity index is 2.07. The second-order valence-electron chi connectivity index (χ2n) is 5.62. The number of fused-ring (bicyclic) bond motifs is 1. The van der Waals surface area contributed by atoms with Crippen molar-refractivity contribution >= 4 is 32.3 Å². The van der Waals surface area contributed by atoms with Crippen LogP contribution in [0.25, 0.3) is 10.9 Å². The molecule has 0 radical (unpaired) electrons. The molecule has 0 saturated carbocycles. The number of sulfonamides is 1. The molecule has 6 nitrogen and oxygen atoms in total. The first-order valence-corrected chi connectivity index (χ1v) is 9.35. The maximum Gasteiger partial charge on any atom is 0.238 e. The first-order chi connectivity index (χ1) is 11.9. The molecule has 0 aliphatic heterocycles. The van der Waals surface area contributed by atoms with Crippen molar-refractivity contribution in [1.82, 2.24) is 4.98 Å². The molecule has 1 aromatic heterocycles. The van der Waals surface area contributed by atoms with E-state index < -0.39 is 10.0 Å². The maximum absolute atomic E-state index is 11.5. The maximum atomic E-state index is 11.5. The van der Waals surface area contributed by atoms with E-state index in [9.17, 15) is 8.42 Å². The van der Waals surface area contributed by atoms with Gasteiger partial charge in [0.1, 0.15) is 5.75 Å². The van der Waals surface area contributed by atoms with Crippen molar-refractivity contribution in [3.63, 3.8) is 0 Å². The van der Waals surface area contributed by atoms with Gasteiger partial charge in [0.25, 0.3) is 0 Å². The molecule has 0 aliphatic carbocycles. The van der Waals surface area contributed by atoms with Crippen LogP contribution in [0.5, 0.6) is 5.75 Å². The Morgan fingerprint density at radius 2 is 1.96 bits per heavy atom. The lowest BCUT2D eigenvalue weighted by atomic mass is 10.1. The molecule has 1 heterocycles. The number of nitrogens with two attached hydrogens (primary N) is 1. The Morgan fingerprint density at radius 1 is 1.16 bits per heavy atom. The molecule has 0 spiro atoms. The zero-order valence-electron chi connectivity index (χ0n) is 14.0. The highest BCUT2D eigenvalue weighted by Crippen LogP contribution is 2.30. The Hall–Kier alpha value is -2.64. The number of aromatic nitrogens is 1. The number of hydrogen-bond acceptors (Lipinski definition) is 5. The van der Waals surface area contributed by atoms with Gasteiger partial charge in [-0.25, -0.2) is 13.6 Å². The molecule has 0 fully saturated rings. The fourth-order valence-corrected chi connectivity index (χ4v) is 3.16. The first-order valence-electron chi connectivity index (χ1n) is 7.81. The zero-order chi connectivity index (χ0) is 18.0. The van der Waals surface area contributed by atoms with E-state index in [0.717, 1.165) is 28.0 Å². The Bertz CT molecular complexity index is 1030. The third kappa shape index (κ3) is 3.89. The van der Waals surface area contributed by atoms with Crippen LogP contribution in [0.2, 0.25) is 0 Å². The molecule has 0 bridgehead atoms. The summed E-state index contributed by atoms with van der Waals surface area (Å²) in [5.41, 5.74) is 3.12. The van der Waals surface area contributed by atoms with Gasteiger partial charge in [0.05, 0.1) is 17.0 Å². The van der Waals surface area contributed by atoms with E-state index in [1.165, 1.54) is 12.1 Å². The van der Waals surface area contributed by atoms with Crippen molar-refractivity contribution in [2.24, 2.45) is 5.14 Å². The number of primary sulfonamides is 1. The Morgan fingerprint density at radius 3 is 2.68 bits per heavy atom. The van der Waals surface area contributed by atoms with Gasteiger partial charge in [-0.3, -0.25) is 4.98 Å². The van der Waals surface area contributed by atoms with Crippen LogP contribution >= 0.6 is 0 Å². The van der Waals surface area contributed by atoms with E-state index in [1.54, 1.807) is 12.1 Å². The molecule has 0 unspecified atom stereocenters. The number of rotatable bonds is 5. The molecule has 7 heteroatoms. The van der Waals surface area contributed by atoms with Gasteiger partial charge in [-0.2, -0.15) is 0 Å². The van der Waals surface area contributed by atoms with Crippen molar-refractivity contribution in [2.45, 2.75) is 18.7 Å². The summed E-state index contributed by atoms with van der Waals surface area (Å²) in [6.45, 7) is 4.40. The quantitative estimate of drug-likeness (QED) is 0.730. The lowest BCUT2D eigenvalue weighted by molar-refractivity contribution is 0.340. The van der Waals surface area contributed by atoms with Crippen LogP contribution in [-0.4, -0.2) is 20.0 Å². The molecule has 0 atom stereocenters. The average molecular weight is 357 g/mol. The summed E-state index contributed by atoms with van der Waals surface area (Å²) in [7, 11) is -3.75. The molecule has 0 saturated heterocycles. The van der Waals surface area contributed by atoms with Gasteiger partial charge in [-0.1, -0.05) is 6.07 Å². The Kier molecular flexibility index (Phi) is 4.61. The third-order valence-corrected chi connectivity index (χ3v) is 4.57. The number of nitrogens with one attached hydrogen (secondary N) is 1. The van der Waals surface area contributed by atoms with Gasteiger partial charge < -0.3 is 10.1 Å². The molecule has 0 amide bonds. The van der Waals surface area contributed by atoms with Gasteiger partial charge >= 0.3 is 0 Å². The van der Waals surface area contributed by atoms with Crippen molar-refractivity contribution in [3.8, 4) is 5.75 Å². The summed E-state index contributed by atoms with van der Waals surface area (Å²) in [5.74, 6) is 0.752. The van der Waals surface area contributed by atoms with E-state index in [2.05, 4.69) is 10.3 Å². The van der Waals surface area contributed by atoms with Crippen molar-refractivity contribution in [2.75, 3.05) is 11.9 Å². The minimum atomic E-state index is -3.75. The van der Waals surface area contributed by atoms with Crippen LogP contribution in [0.1, 0.15) is 12.6 Å². The molecule has 3 aromatic rings. The van der Waals surface area contributed by atoms with Crippen molar-refractivity contribution in [1.29, 1.82) is 0 Å². The van der Waals surface area contributed by atoms with Crippen LogP contribution in [0, 0.1) is 6.92 Å². The van der Waals surface area contributed by atoms with Crippen LogP contribution in [0.4, 0.5) is 11.4 Å². The smallest absolute Gasteiger partial charge is 0.238 e. The second kappa shape index (κ2) is 6.70. The third-order valence-electron chi connectivity index (χ3n) is 3.66. The molecular weight excluding hydrogens is 338 g/mol. The highest BCUT2D eigenvalue weighted by Gasteiger charge is 2.10. The van der Waals surface area contributed by atoms with Crippen LogP contribution in [0.3, 0.4) is 0 Å². The predicted octanol–water partition coefficient (Wildman–Crippen LogP) is 3.33. The summed E-state index contributed by atoms with van der Waals surface area (Å²) in [4.78, 5) is 4.58. The van der Waals surface area contributed by atoms with E-state index >= 15 is 0 Å². The minimum absolute atomic E-state index is 0.0580. The molecular formula is C18H19N3O3S. The van der Waals surface area contributed by atoms with E-state index in [4.69, 9.17) is 9.88 Å². The summed E-state index contributed by atoms with van der Waals surface area (Å²) in [6.07, 6.45) is 0. The fourth-order valence-electron chi connectivity index (χ4n) is 2.60. The number of aryl methyl sites for hydroxylation is 1. The van der Waals surface area contributed by atoms with E-state index in [0.29, 0.717) is 12.3 Å². The monoisotopic (exact) mass is 357 g/mol. The topological polar surface area (TPSA) is 94.3 Å². The standard InChI is InChI=1S/C18H19N3O3S/c1-3-24-14-7-8-17-16(11-14)18(9-12(2)20-17)21-13-5-4-6-15(10-13)25(19,22)23/h4-11H,3H2,1-2H3,(H,20,21)(H2,19,22,23). The first kappa shape index (κ1) is 17.2. The fraction of sp³-hybridized carbons (Fsp3) is 0.167. The highest BCUT2D eigenvalue weighted by molar-refractivity contribution is 7.89. The summed E-state index contributed by atoms with van der Waals surface area (Å²) in [5, 5.41) is 9.35. The zero-order valence-corrected chi connectivity index (χ0v) is 14.8. The number of anilines is 2. The summed E-state index contributed by atoms with van der Waals surface area (Å²) < 4.78 is 28.6. The van der Waals surface area contributed by atoms with Crippen LogP contribution < -0.4 is 15.2 Å². The summed E-state index contributed by atoms with van der Waals surface area (Å²) >= 11 is 0. The van der Waals surface area contributed by atoms with Crippen molar-refractivity contribution in [3.05, 3.63) is 54.2 Å². The summed E-state index contributed by atoms with van der Waals surface area (Å²) in [6, 6.07) is 14.0. The predicted molar refractivity (Wildman–Crippen MR) is 98.7 cm³/mol. The van der Waals surface area contributed by atoms with E-state index in [1.807, 2.05) is 38.1 Å². The van der Waals surface area contributed by atoms with Gasteiger partial charge in [-0.05, 0) is 56.3 Å². The van der Waals surface area contributed by atoms with Crippen molar-refractivity contribution < 1.29 is 13.2 Å². The molecule has 130 valence electrons. The molecule has 2 aromatic carbocycles. The molecule has 3 rings (SSSR count).